The van der Waals surface area contributed by atoms with Crippen LogP contribution in [0.1, 0.15) is 0 Å². The maximum absolute atomic E-state index is 4.57. The standard InChI is InChI=1S/C12H19N5S/c1-2-15-12(17-7-9-18-10-8-17)11(14-1)16-5-3-13-4-6-16/h1-2,13H,3-10H2. The van der Waals surface area contributed by atoms with Crippen molar-refractivity contribution in [3.63, 3.8) is 0 Å². The maximum Gasteiger partial charge on any atom is 0.172 e. The Kier molecular flexibility index (Phi) is 3.85. The van der Waals surface area contributed by atoms with E-state index in [9.17, 15) is 0 Å². The summed E-state index contributed by atoms with van der Waals surface area (Å²) >= 11 is 2.02. The molecule has 0 amide bonds. The van der Waals surface area contributed by atoms with Gasteiger partial charge in [0.25, 0.3) is 0 Å². The number of hydrogen-bond acceptors (Lipinski definition) is 6. The quantitative estimate of drug-likeness (QED) is 0.837. The van der Waals surface area contributed by atoms with Crippen LogP contribution in [0.2, 0.25) is 0 Å². The Morgan fingerprint density at radius 1 is 0.889 bits per heavy atom. The molecule has 0 bridgehead atoms. The van der Waals surface area contributed by atoms with E-state index in [1.54, 1.807) is 6.20 Å². The fourth-order valence-corrected chi connectivity index (χ4v) is 3.32. The van der Waals surface area contributed by atoms with Gasteiger partial charge in [-0.2, -0.15) is 11.8 Å². The number of aromatic nitrogens is 2. The van der Waals surface area contributed by atoms with Gasteiger partial charge in [-0.25, -0.2) is 9.97 Å². The van der Waals surface area contributed by atoms with Crippen molar-refractivity contribution in [3.05, 3.63) is 12.4 Å². The van der Waals surface area contributed by atoms with Gasteiger partial charge >= 0.3 is 0 Å². The molecule has 18 heavy (non-hydrogen) atoms. The monoisotopic (exact) mass is 265 g/mol. The SMILES string of the molecule is c1cnc(N2CCSCC2)c(N2CCNCC2)n1. The second-order valence-corrected chi connectivity index (χ2v) is 5.76. The zero-order chi connectivity index (χ0) is 12.2. The van der Waals surface area contributed by atoms with Crippen LogP contribution in [-0.4, -0.2) is 60.7 Å². The van der Waals surface area contributed by atoms with Crippen molar-refractivity contribution in [1.29, 1.82) is 0 Å². The minimum Gasteiger partial charge on any atom is -0.352 e. The molecule has 3 rings (SSSR count). The van der Waals surface area contributed by atoms with Crippen LogP contribution in [0, 0.1) is 0 Å². The summed E-state index contributed by atoms with van der Waals surface area (Å²) in [6.45, 7) is 6.28. The Morgan fingerprint density at radius 2 is 1.44 bits per heavy atom. The zero-order valence-electron chi connectivity index (χ0n) is 10.5. The summed E-state index contributed by atoms with van der Waals surface area (Å²) < 4.78 is 0. The zero-order valence-corrected chi connectivity index (χ0v) is 11.3. The molecule has 0 saturated carbocycles. The maximum atomic E-state index is 4.57. The summed E-state index contributed by atoms with van der Waals surface area (Å²) in [6, 6.07) is 0. The molecule has 6 heteroatoms. The van der Waals surface area contributed by atoms with Crippen molar-refractivity contribution in [1.82, 2.24) is 15.3 Å². The minimum absolute atomic E-state index is 1.02. The van der Waals surface area contributed by atoms with E-state index >= 15 is 0 Å². The molecule has 2 fully saturated rings. The van der Waals surface area contributed by atoms with Crippen molar-refractivity contribution in [2.24, 2.45) is 0 Å². The van der Waals surface area contributed by atoms with Gasteiger partial charge in [0, 0.05) is 63.2 Å². The molecule has 0 radical (unpaired) electrons. The highest BCUT2D eigenvalue weighted by Crippen LogP contribution is 2.26. The van der Waals surface area contributed by atoms with Gasteiger partial charge in [0.05, 0.1) is 0 Å². The average molecular weight is 265 g/mol. The van der Waals surface area contributed by atoms with Crippen molar-refractivity contribution >= 4 is 23.4 Å². The van der Waals surface area contributed by atoms with E-state index in [-0.39, 0.29) is 0 Å². The molecule has 3 heterocycles. The topological polar surface area (TPSA) is 44.3 Å². The third-order valence-corrected chi connectivity index (χ3v) is 4.33. The average Bonchev–Trinajstić information content (AvgIpc) is 2.49. The molecule has 2 aliphatic rings. The van der Waals surface area contributed by atoms with Gasteiger partial charge in [0.1, 0.15) is 0 Å². The van der Waals surface area contributed by atoms with E-state index in [1.807, 2.05) is 18.0 Å². The number of hydrogen-bond donors (Lipinski definition) is 1. The number of piperazine rings is 1. The second-order valence-electron chi connectivity index (χ2n) is 4.54. The lowest BCUT2D eigenvalue weighted by Crippen LogP contribution is -2.45. The highest BCUT2D eigenvalue weighted by molar-refractivity contribution is 7.99. The molecule has 0 spiro atoms. The lowest BCUT2D eigenvalue weighted by molar-refractivity contribution is 0.583. The third kappa shape index (κ3) is 2.54. The first-order chi connectivity index (χ1) is 8.95. The summed E-state index contributed by atoms with van der Waals surface area (Å²) in [5, 5.41) is 3.38. The molecule has 5 nitrogen and oxygen atoms in total. The van der Waals surface area contributed by atoms with Crippen LogP contribution in [-0.2, 0) is 0 Å². The Hall–Kier alpha value is -1.01. The first-order valence-electron chi connectivity index (χ1n) is 6.54. The van der Waals surface area contributed by atoms with Crippen LogP contribution in [0.25, 0.3) is 0 Å². The van der Waals surface area contributed by atoms with E-state index in [4.69, 9.17) is 0 Å². The number of thioether (sulfide) groups is 1. The van der Waals surface area contributed by atoms with E-state index in [0.717, 1.165) is 50.9 Å². The highest BCUT2D eigenvalue weighted by atomic mass is 32.2. The van der Waals surface area contributed by atoms with E-state index in [1.165, 1.54) is 11.5 Å². The largest absolute Gasteiger partial charge is 0.352 e. The minimum atomic E-state index is 1.02. The molecular weight excluding hydrogens is 246 g/mol. The molecule has 1 N–H and O–H groups in total. The Labute approximate surface area is 112 Å². The number of rotatable bonds is 2. The molecule has 98 valence electrons. The van der Waals surface area contributed by atoms with Crippen LogP contribution < -0.4 is 15.1 Å². The molecule has 1 aromatic heterocycles. The van der Waals surface area contributed by atoms with Gasteiger partial charge in [0.15, 0.2) is 11.6 Å². The summed E-state index contributed by atoms with van der Waals surface area (Å²) in [6.07, 6.45) is 3.61. The summed E-state index contributed by atoms with van der Waals surface area (Å²) in [5.41, 5.74) is 0. The highest BCUT2D eigenvalue weighted by Gasteiger charge is 2.21. The van der Waals surface area contributed by atoms with E-state index in [0.29, 0.717) is 0 Å². The Morgan fingerprint density at radius 3 is 2.06 bits per heavy atom. The Bertz CT molecular complexity index is 351. The molecule has 1 aromatic rings. The van der Waals surface area contributed by atoms with Gasteiger partial charge in [-0.15, -0.1) is 0 Å². The fourth-order valence-electron chi connectivity index (χ4n) is 2.42. The van der Waals surface area contributed by atoms with Crippen LogP contribution in [0.15, 0.2) is 12.4 Å². The smallest absolute Gasteiger partial charge is 0.172 e. The van der Waals surface area contributed by atoms with Crippen LogP contribution >= 0.6 is 11.8 Å². The van der Waals surface area contributed by atoms with Crippen LogP contribution in [0.4, 0.5) is 11.6 Å². The molecule has 2 aliphatic heterocycles. The van der Waals surface area contributed by atoms with Gasteiger partial charge in [0.2, 0.25) is 0 Å². The summed E-state index contributed by atoms with van der Waals surface area (Å²) in [5.74, 6) is 4.51. The van der Waals surface area contributed by atoms with Crippen molar-refractivity contribution in [2.45, 2.75) is 0 Å². The summed E-state index contributed by atoms with van der Waals surface area (Å²) in [7, 11) is 0. The first-order valence-corrected chi connectivity index (χ1v) is 7.70. The van der Waals surface area contributed by atoms with Gasteiger partial charge < -0.3 is 15.1 Å². The molecule has 0 atom stereocenters. The number of nitrogens with zero attached hydrogens (tertiary/aromatic N) is 4. The molecule has 2 saturated heterocycles. The lowest BCUT2D eigenvalue weighted by atomic mass is 10.3. The fraction of sp³-hybridized carbons (Fsp3) is 0.667. The third-order valence-electron chi connectivity index (χ3n) is 3.39. The van der Waals surface area contributed by atoms with E-state index in [2.05, 4.69) is 25.1 Å². The van der Waals surface area contributed by atoms with Crippen molar-refractivity contribution in [2.75, 3.05) is 60.6 Å². The molecule has 0 aliphatic carbocycles. The predicted molar refractivity (Wildman–Crippen MR) is 76.7 cm³/mol. The van der Waals surface area contributed by atoms with Crippen molar-refractivity contribution < 1.29 is 0 Å². The van der Waals surface area contributed by atoms with Crippen LogP contribution in [0.3, 0.4) is 0 Å². The van der Waals surface area contributed by atoms with Gasteiger partial charge in [-0.3, -0.25) is 0 Å². The van der Waals surface area contributed by atoms with E-state index < -0.39 is 0 Å². The number of anilines is 2. The predicted octanol–water partition coefficient (Wildman–Crippen LogP) is 0.439. The molecule has 0 aromatic carbocycles. The second kappa shape index (κ2) is 5.75. The van der Waals surface area contributed by atoms with Crippen LogP contribution in [0.5, 0.6) is 0 Å². The Balaban J connectivity index is 1.83. The number of nitrogens with one attached hydrogen (secondary N) is 1. The molecule has 0 unspecified atom stereocenters. The van der Waals surface area contributed by atoms with Gasteiger partial charge in [-0.1, -0.05) is 0 Å². The van der Waals surface area contributed by atoms with Crippen molar-refractivity contribution in [3.8, 4) is 0 Å². The normalized spacial score (nSPS) is 21.1. The molecular formula is C12H19N5S. The van der Waals surface area contributed by atoms with Gasteiger partial charge in [-0.05, 0) is 0 Å². The summed E-state index contributed by atoms with van der Waals surface area (Å²) in [4.78, 5) is 13.9. The first kappa shape index (κ1) is 12.0. The lowest BCUT2D eigenvalue weighted by Gasteiger charge is -2.34.